The normalized spacial score (nSPS) is 12.7. The molecular weight excluding hydrogens is 292 g/mol. The van der Waals surface area contributed by atoms with Gasteiger partial charge in [0.05, 0.1) is 10.9 Å². The largest absolute Gasteiger partial charge is 0.370 e. The maximum Gasteiger partial charge on any atom is 0.241 e. The molecule has 3 N–H and O–H groups in total. The van der Waals surface area contributed by atoms with Crippen LogP contribution in [0.5, 0.6) is 0 Å². The number of pyridine rings is 1. The van der Waals surface area contributed by atoms with E-state index >= 15 is 0 Å². The van der Waals surface area contributed by atoms with Gasteiger partial charge in [0.15, 0.2) is 0 Å². The van der Waals surface area contributed by atoms with Crippen LogP contribution in [0.3, 0.4) is 0 Å². The Morgan fingerprint density at radius 3 is 2.71 bits per heavy atom. The monoisotopic (exact) mass is 314 g/mol. The second-order valence-corrected chi connectivity index (χ2v) is 6.26. The molecule has 1 aromatic heterocycles. The van der Waals surface area contributed by atoms with Gasteiger partial charge in [0.1, 0.15) is 5.82 Å². The lowest BCUT2D eigenvalue weighted by atomic mass is 10.3. The molecular formula is C13H22N4O3S. The van der Waals surface area contributed by atoms with E-state index < -0.39 is 16.1 Å². The smallest absolute Gasteiger partial charge is 0.241 e. The summed E-state index contributed by atoms with van der Waals surface area (Å²) in [4.78, 5) is 15.7. The van der Waals surface area contributed by atoms with Gasteiger partial charge in [-0.3, -0.25) is 4.79 Å². The lowest BCUT2D eigenvalue weighted by Crippen LogP contribution is -2.44. The van der Waals surface area contributed by atoms with Crippen molar-refractivity contribution in [2.24, 2.45) is 0 Å². The third-order valence-electron chi connectivity index (χ3n) is 2.67. The summed E-state index contributed by atoms with van der Waals surface area (Å²) in [6.45, 7) is 6.43. The third kappa shape index (κ3) is 5.31. The Morgan fingerprint density at radius 1 is 1.38 bits per heavy atom. The highest BCUT2D eigenvalue weighted by atomic mass is 32.2. The van der Waals surface area contributed by atoms with Crippen LogP contribution < -0.4 is 15.4 Å². The van der Waals surface area contributed by atoms with E-state index in [1.54, 1.807) is 6.92 Å². The molecule has 0 saturated heterocycles. The minimum atomic E-state index is -3.76. The fraction of sp³-hybridized carbons (Fsp3) is 0.538. The summed E-state index contributed by atoms with van der Waals surface area (Å²) in [7, 11) is -3.76. The average Bonchev–Trinajstić information content (AvgIpc) is 2.45. The number of aromatic nitrogens is 1. The number of anilines is 1. The molecule has 1 rings (SSSR count). The molecule has 0 aliphatic rings. The van der Waals surface area contributed by atoms with Crippen molar-refractivity contribution in [1.29, 1.82) is 0 Å². The van der Waals surface area contributed by atoms with Crippen LogP contribution in [0.1, 0.15) is 27.2 Å². The van der Waals surface area contributed by atoms with Crippen molar-refractivity contribution in [3.63, 3.8) is 0 Å². The quantitative estimate of drug-likeness (QED) is 0.656. The van der Waals surface area contributed by atoms with Crippen molar-refractivity contribution < 1.29 is 13.2 Å². The zero-order valence-electron chi connectivity index (χ0n) is 12.5. The zero-order chi connectivity index (χ0) is 15.9. The molecule has 0 fully saturated rings. The van der Waals surface area contributed by atoms with E-state index in [0.29, 0.717) is 18.9 Å². The zero-order valence-corrected chi connectivity index (χ0v) is 13.3. The number of sulfonamides is 1. The van der Waals surface area contributed by atoms with Crippen LogP contribution in [-0.2, 0) is 14.8 Å². The molecule has 1 atom stereocenters. The first-order valence-corrected chi connectivity index (χ1v) is 8.39. The molecule has 1 unspecified atom stereocenters. The Kier molecular flexibility index (Phi) is 6.57. The van der Waals surface area contributed by atoms with Crippen LogP contribution in [0.2, 0.25) is 0 Å². The molecule has 8 heteroatoms. The molecule has 1 heterocycles. The predicted molar refractivity (Wildman–Crippen MR) is 81.5 cm³/mol. The lowest BCUT2D eigenvalue weighted by Gasteiger charge is -2.14. The summed E-state index contributed by atoms with van der Waals surface area (Å²) in [6, 6.07) is 2.00. The van der Waals surface area contributed by atoms with Crippen LogP contribution in [0.25, 0.3) is 0 Å². The van der Waals surface area contributed by atoms with Crippen molar-refractivity contribution in [3.8, 4) is 0 Å². The summed E-state index contributed by atoms with van der Waals surface area (Å²) in [5.41, 5.74) is 0. The van der Waals surface area contributed by atoms with Crippen LogP contribution in [0, 0.1) is 0 Å². The highest BCUT2D eigenvalue weighted by molar-refractivity contribution is 7.89. The Bertz CT molecular complexity index is 575. The molecule has 21 heavy (non-hydrogen) atoms. The summed E-state index contributed by atoms with van der Waals surface area (Å²) in [6.07, 6.45) is 2.33. The number of amides is 1. The SMILES string of the molecule is CCCNc1cc(S(=O)(=O)NC(C)C(=O)NCC)ccn1. The molecule has 118 valence electrons. The molecule has 0 saturated carbocycles. The molecule has 0 spiro atoms. The average molecular weight is 314 g/mol. The first-order valence-electron chi connectivity index (χ1n) is 6.90. The van der Waals surface area contributed by atoms with Crippen molar-refractivity contribution in [2.45, 2.75) is 38.1 Å². The van der Waals surface area contributed by atoms with Crippen molar-refractivity contribution in [3.05, 3.63) is 18.3 Å². The highest BCUT2D eigenvalue weighted by Gasteiger charge is 2.22. The highest BCUT2D eigenvalue weighted by Crippen LogP contribution is 2.13. The topological polar surface area (TPSA) is 100 Å². The van der Waals surface area contributed by atoms with Crippen LogP contribution in [0.4, 0.5) is 5.82 Å². The molecule has 0 aliphatic heterocycles. The number of nitrogens with zero attached hydrogens (tertiary/aromatic N) is 1. The molecule has 0 aromatic carbocycles. The number of hydrogen-bond acceptors (Lipinski definition) is 5. The van der Waals surface area contributed by atoms with E-state index in [-0.39, 0.29) is 10.8 Å². The minimum absolute atomic E-state index is 0.0762. The molecule has 1 aromatic rings. The first kappa shape index (κ1) is 17.4. The Balaban J connectivity index is 2.85. The van der Waals surface area contributed by atoms with Crippen LogP contribution >= 0.6 is 0 Å². The summed E-state index contributed by atoms with van der Waals surface area (Å²) >= 11 is 0. The second kappa shape index (κ2) is 7.94. The van der Waals surface area contributed by atoms with Gasteiger partial charge in [-0.05, 0) is 26.3 Å². The number of rotatable bonds is 8. The van der Waals surface area contributed by atoms with Crippen molar-refractivity contribution in [2.75, 3.05) is 18.4 Å². The Morgan fingerprint density at radius 2 is 2.10 bits per heavy atom. The van der Waals surface area contributed by atoms with Crippen LogP contribution in [-0.4, -0.2) is 38.4 Å². The van der Waals surface area contributed by atoms with E-state index in [9.17, 15) is 13.2 Å². The number of hydrogen-bond donors (Lipinski definition) is 3. The number of likely N-dealkylation sites (N-methyl/N-ethyl adjacent to an activating group) is 1. The third-order valence-corrected chi connectivity index (χ3v) is 4.21. The maximum atomic E-state index is 12.2. The van der Waals surface area contributed by atoms with Gasteiger partial charge in [-0.25, -0.2) is 13.4 Å². The van der Waals surface area contributed by atoms with Gasteiger partial charge < -0.3 is 10.6 Å². The fourth-order valence-corrected chi connectivity index (χ4v) is 2.83. The minimum Gasteiger partial charge on any atom is -0.370 e. The van der Waals surface area contributed by atoms with E-state index in [0.717, 1.165) is 6.42 Å². The van der Waals surface area contributed by atoms with Gasteiger partial charge in [0, 0.05) is 25.4 Å². The number of carbonyl (C=O) groups is 1. The number of nitrogens with one attached hydrogen (secondary N) is 3. The fourth-order valence-electron chi connectivity index (χ4n) is 1.61. The van der Waals surface area contributed by atoms with Crippen molar-refractivity contribution in [1.82, 2.24) is 15.0 Å². The molecule has 1 amide bonds. The van der Waals surface area contributed by atoms with Gasteiger partial charge in [0.25, 0.3) is 0 Å². The second-order valence-electron chi connectivity index (χ2n) is 4.54. The standard InChI is InChI=1S/C13H22N4O3S/c1-4-7-15-12-9-11(6-8-16-12)21(19,20)17-10(3)13(18)14-5-2/h6,8-10,17H,4-5,7H2,1-3H3,(H,14,18)(H,15,16). The summed E-state index contributed by atoms with van der Waals surface area (Å²) in [5.74, 6) is 0.129. The van der Waals surface area contributed by atoms with Crippen molar-refractivity contribution >= 4 is 21.7 Å². The van der Waals surface area contributed by atoms with E-state index in [4.69, 9.17) is 0 Å². The lowest BCUT2D eigenvalue weighted by molar-refractivity contribution is -0.122. The molecule has 7 nitrogen and oxygen atoms in total. The maximum absolute atomic E-state index is 12.2. The molecule has 0 bridgehead atoms. The van der Waals surface area contributed by atoms with E-state index in [1.807, 2.05) is 6.92 Å². The Hall–Kier alpha value is -1.67. The van der Waals surface area contributed by atoms with Gasteiger partial charge in [-0.1, -0.05) is 6.92 Å². The summed E-state index contributed by atoms with van der Waals surface area (Å²) in [5, 5.41) is 5.59. The van der Waals surface area contributed by atoms with Gasteiger partial charge in [-0.15, -0.1) is 0 Å². The van der Waals surface area contributed by atoms with Crippen LogP contribution in [0.15, 0.2) is 23.2 Å². The Labute approximate surface area is 125 Å². The molecule has 0 radical (unpaired) electrons. The molecule has 0 aliphatic carbocycles. The first-order chi connectivity index (χ1) is 9.90. The summed E-state index contributed by atoms with van der Waals surface area (Å²) < 4.78 is 26.8. The predicted octanol–water partition coefficient (Wildman–Crippen LogP) is 0.706. The van der Waals surface area contributed by atoms with E-state index in [1.165, 1.54) is 25.3 Å². The van der Waals surface area contributed by atoms with Gasteiger partial charge in [0.2, 0.25) is 15.9 Å². The van der Waals surface area contributed by atoms with Gasteiger partial charge in [-0.2, -0.15) is 4.72 Å². The van der Waals surface area contributed by atoms with Gasteiger partial charge >= 0.3 is 0 Å². The van der Waals surface area contributed by atoms with E-state index in [2.05, 4.69) is 20.3 Å². The number of carbonyl (C=O) groups excluding carboxylic acids is 1.